The summed E-state index contributed by atoms with van der Waals surface area (Å²) in [4.78, 5) is 0. The van der Waals surface area contributed by atoms with E-state index in [1.165, 1.54) is 35.4 Å². The molecule has 0 amide bonds. The fourth-order valence-electron chi connectivity index (χ4n) is 1.63. The van der Waals surface area contributed by atoms with Gasteiger partial charge < -0.3 is 14.4 Å². The summed E-state index contributed by atoms with van der Waals surface area (Å²) in [5.41, 5.74) is -0.864. The van der Waals surface area contributed by atoms with E-state index in [-0.39, 0.29) is 18.9 Å². The number of alkyl halides is 3. The number of rotatable bonds is 5. The Hall–Kier alpha value is -2.09. The van der Waals surface area contributed by atoms with E-state index < -0.39 is 17.8 Å². The van der Waals surface area contributed by atoms with Crippen molar-refractivity contribution < 1.29 is 23.0 Å². The third kappa shape index (κ3) is 3.70. The van der Waals surface area contributed by atoms with E-state index in [0.717, 1.165) is 6.07 Å². The largest absolute Gasteiger partial charge is 0.490 e. The highest BCUT2D eigenvalue weighted by Gasteiger charge is 2.34. The van der Waals surface area contributed by atoms with E-state index >= 15 is 0 Å². The Kier molecular flexibility index (Phi) is 4.23. The molecule has 20 heavy (non-hydrogen) atoms. The van der Waals surface area contributed by atoms with Crippen molar-refractivity contribution in [3.8, 4) is 5.75 Å². The molecule has 0 aliphatic rings. The first-order chi connectivity index (χ1) is 9.47. The molecule has 2 rings (SSSR count). The smallest absolute Gasteiger partial charge is 0.419 e. The van der Waals surface area contributed by atoms with Crippen LogP contribution in [0.5, 0.6) is 5.75 Å². The molecule has 0 aliphatic carbocycles. The SMILES string of the molecule is O[C@@H](COc1ccccc1C(F)(F)F)Cn1cnnc1. The highest BCUT2D eigenvalue weighted by atomic mass is 19.4. The highest BCUT2D eigenvalue weighted by Crippen LogP contribution is 2.35. The summed E-state index contributed by atoms with van der Waals surface area (Å²) in [6.45, 7) is -0.119. The molecule has 0 bridgehead atoms. The summed E-state index contributed by atoms with van der Waals surface area (Å²) in [6, 6.07) is 4.87. The Morgan fingerprint density at radius 2 is 1.85 bits per heavy atom. The zero-order valence-electron chi connectivity index (χ0n) is 10.3. The second-order valence-electron chi connectivity index (χ2n) is 4.12. The molecule has 0 saturated carbocycles. The number of hydrogen-bond acceptors (Lipinski definition) is 4. The van der Waals surface area contributed by atoms with Gasteiger partial charge in [-0.15, -0.1) is 10.2 Å². The number of aromatic nitrogens is 3. The number of aliphatic hydroxyl groups excluding tert-OH is 1. The molecule has 1 atom stereocenters. The Morgan fingerprint density at radius 1 is 1.20 bits per heavy atom. The maximum atomic E-state index is 12.7. The molecule has 1 N–H and O–H groups in total. The number of hydrogen-bond donors (Lipinski definition) is 1. The van der Waals surface area contributed by atoms with Gasteiger partial charge in [-0.1, -0.05) is 12.1 Å². The standard InChI is InChI=1S/C12H12F3N3O2/c13-12(14,15)10-3-1-2-4-11(10)20-6-9(19)5-18-7-16-17-8-18/h1-4,7-9,19H,5-6H2/t9-/m1/s1. The average Bonchev–Trinajstić information content (AvgIpc) is 2.88. The van der Waals surface area contributed by atoms with Gasteiger partial charge in [0.25, 0.3) is 0 Å². The second-order valence-corrected chi connectivity index (χ2v) is 4.12. The van der Waals surface area contributed by atoms with Gasteiger partial charge in [0, 0.05) is 0 Å². The summed E-state index contributed by atoms with van der Waals surface area (Å²) in [5.74, 6) is -0.303. The van der Waals surface area contributed by atoms with Crippen molar-refractivity contribution in [2.24, 2.45) is 0 Å². The molecular weight excluding hydrogens is 275 g/mol. The van der Waals surface area contributed by atoms with Gasteiger partial charge in [-0.2, -0.15) is 13.2 Å². The lowest BCUT2D eigenvalue weighted by Gasteiger charge is -2.16. The van der Waals surface area contributed by atoms with E-state index in [0.29, 0.717) is 0 Å². The molecule has 5 nitrogen and oxygen atoms in total. The Morgan fingerprint density at radius 3 is 2.50 bits per heavy atom. The van der Waals surface area contributed by atoms with Crippen LogP contribution >= 0.6 is 0 Å². The predicted molar refractivity (Wildman–Crippen MR) is 63.0 cm³/mol. The minimum Gasteiger partial charge on any atom is -0.490 e. The molecular formula is C12H12F3N3O2. The Labute approximate surface area is 112 Å². The molecule has 0 saturated heterocycles. The van der Waals surface area contributed by atoms with E-state index in [1.54, 1.807) is 0 Å². The number of ether oxygens (including phenoxy) is 1. The van der Waals surface area contributed by atoms with Crippen LogP contribution in [0.2, 0.25) is 0 Å². The van der Waals surface area contributed by atoms with Gasteiger partial charge in [0.05, 0.1) is 12.1 Å². The molecule has 1 aromatic carbocycles. The first-order valence-corrected chi connectivity index (χ1v) is 5.76. The molecule has 2 aromatic rings. The molecule has 108 valence electrons. The molecule has 0 spiro atoms. The van der Waals surface area contributed by atoms with Gasteiger partial charge in [0.15, 0.2) is 0 Å². The lowest BCUT2D eigenvalue weighted by molar-refractivity contribution is -0.139. The molecule has 1 heterocycles. The molecule has 1 aromatic heterocycles. The van der Waals surface area contributed by atoms with Crippen molar-refractivity contribution >= 4 is 0 Å². The van der Waals surface area contributed by atoms with Gasteiger partial charge >= 0.3 is 6.18 Å². The third-order valence-electron chi connectivity index (χ3n) is 2.51. The van der Waals surface area contributed by atoms with Crippen molar-refractivity contribution in [1.82, 2.24) is 14.8 Å². The maximum absolute atomic E-state index is 12.7. The van der Waals surface area contributed by atoms with E-state index in [9.17, 15) is 18.3 Å². The zero-order chi connectivity index (χ0) is 14.6. The lowest BCUT2D eigenvalue weighted by atomic mass is 10.2. The van der Waals surface area contributed by atoms with E-state index in [2.05, 4.69) is 10.2 Å². The third-order valence-corrected chi connectivity index (χ3v) is 2.51. The quantitative estimate of drug-likeness (QED) is 0.910. The zero-order valence-corrected chi connectivity index (χ0v) is 10.3. The van der Waals surface area contributed by atoms with Crippen LogP contribution in [0, 0.1) is 0 Å². The van der Waals surface area contributed by atoms with Crippen molar-refractivity contribution in [3.63, 3.8) is 0 Å². The van der Waals surface area contributed by atoms with Gasteiger partial charge in [-0.05, 0) is 12.1 Å². The molecule has 0 fully saturated rings. The van der Waals surface area contributed by atoms with Gasteiger partial charge in [0.2, 0.25) is 0 Å². The minimum absolute atomic E-state index is 0.140. The average molecular weight is 287 g/mol. The first kappa shape index (κ1) is 14.3. The molecule has 0 unspecified atom stereocenters. The van der Waals surface area contributed by atoms with Gasteiger partial charge in [-0.3, -0.25) is 0 Å². The normalized spacial score (nSPS) is 13.2. The summed E-state index contributed by atoms with van der Waals surface area (Å²) in [7, 11) is 0. The first-order valence-electron chi connectivity index (χ1n) is 5.76. The van der Waals surface area contributed by atoms with Crippen molar-refractivity contribution in [3.05, 3.63) is 42.5 Å². The fourth-order valence-corrected chi connectivity index (χ4v) is 1.63. The summed E-state index contributed by atoms with van der Waals surface area (Å²) < 4.78 is 44.7. The molecule has 0 aliphatic heterocycles. The highest BCUT2D eigenvalue weighted by molar-refractivity contribution is 5.35. The van der Waals surface area contributed by atoms with E-state index in [1.807, 2.05) is 0 Å². The lowest BCUT2D eigenvalue weighted by Crippen LogP contribution is -2.23. The van der Waals surface area contributed by atoms with Crippen LogP contribution in [0.4, 0.5) is 13.2 Å². The summed E-state index contributed by atoms with van der Waals surface area (Å²) in [5, 5.41) is 16.8. The van der Waals surface area contributed by atoms with Crippen LogP contribution in [-0.2, 0) is 12.7 Å². The van der Waals surface area contributed by atoms with Crippen LogP contribution in [-0.4, -0.2) is 32.6 Å². The van der Waals surface area contributed by atoms with Crippen molar-refractivity contribution in [2.75, 3.05) is 6.61 Å². The maximum Gasteiger partial charge on any atom is 0.419 e. The summed E-state index contributed by atoms with van der Waals surface area (Å²) in [6.07, 6.45) is -2.66. The second kappa shape index (κ2) is 5.91. The minimum atomic E-state index is -4.49. The Balaban J connectivity index is 1.97. The molecule has 0 radical (unpaired) electrons. The number of nitrogens with zero attached hydrogens (tertiary/aromatic N) is 3. The summed E-state index contributed by atoms with van der Waals surface area (Å²) >= 11 is 0. The van der Waals surface area contributed by atoms with Gasteiger partial charge in [0.1, 0.15) is 31.1 Å². The molecule has 8 heteroatoms. The van der Waals surface area contributed by atoms with Crippen LogP contribution in [0.25, 0.3) is 0 Å². The number of aliphatic hydroxyl groups is 1. The van der Waals surface area contributed by atoms with E-state index in [4.69, 9.17) is 4.74 Å². The number of benzene rings is 1. The fraction of sp³-hybridized carbons (Fsp3) is 0.333. The Bertz CT molecular complexity index is 543. The van der Waals surface area contributed by atoms with Gasteiger partial charge in [-0.25, -0.2) is 0 Å². The monoisotopic (exact) mass is 287 g/mol. The predicted octanol–water partition coefficient (Wildman–Crippen LogP) is 1.74. The van der Waals surface area contributed by atoms with Crippen LogP contribution in [0.15, 0.2) is 36.9 Å². The van der Waals surface area contributed by atoms with Crippen LogP contribution in [0.3, 0.4) is 0 Å². The van der Waals surface area contributed by atoms with Crippen LogP contribution < -0.4 is 4.74 Å². The number of halogens is 3. The van der Waals surface area contributed by atoms with Crippen molar-refractivity contribution in [2.45, 2.75) is 18.8 Å². The number of para-hydroxylation sites is 1. The van der Waals surface area contributed by atoms with Crippen LogP contribution in [0.1, 0.15) is 5.56 Å². The van der Waals surface area contributed by atoms with Crippen molar-refractivity contribution in [1.29, 1.82) is 0 Å². The topological polar surface area (TPSA) is 60.2 Å².